The highest BCUT2D eigenvalue weighted by atomic mass is 16.7. The van der Waals surface area contributed by atoms with Gasteiger partial charge in [0.15, 0.2) is 6.29 Å². The number of primary amides is 1. The van der Waals surface area contributed by atoms with Crippen LogP contribution >= 0.6 is 0 Å². The van der Waals surface area contributed by atoms with Crippen LogP contribution in [-0.2, 0) is 57.4 Å². The summed E-state index contributed by atoms with van der Waals surface area (Å²) in [5.74, 6) is -9.31. The van der Waals surface area contributed by atoms with Gasteiger partial charge in [0.05, 0.1) is 52.7 Å². The van der Waals surface area contributed by atoms with Crippen LogP contribution < -0.4 is 48.3 Å². The maximum absolute atomic E-state index is 13.4. The van der Waals surface area contributed by atoms with Crippen molar-refractivity contribution in [1.29, 1.82) is 0 Å². The quantitative estimate of drug-likeness (QED) is 0.0453. The standard InChI is InChI=1S/C33H54N10O18/c1-14(48)35-7-23(51)40-19(13-60-33-25(38-15(2)49)27(54)26(53)21(12-47)61-33)30(57)42-17(10-45)29(56)41-16(9-44)28(55)37-8-24(52)39-18(11-46)32(59)43-5-3-4-20(43)31(58)36-6-22(34)50/h16-21,25-27,33,44-47,53-54H,3-13H2,1-2H3,(H2,34,50)(H,35,48)(H,36,58)(H,37,55)(H,38,49)(H,39,52)(H,40,51)(H,41,56)(H,42,57)/t16-,17-,18-,19-,20-,21+,25+,26-,27+,33-/m0/s1. The second kappa shape index (κ2) is 25.2. The van der Waals surface area contributed by atoms with Crippen molar-refractivity contribution >= 4 is 59.1 Å². The number of hydrogen-bond donors (Lipinski definition) is 15. The van der Waals surface area contributed by atoms with Gasteiger partial charge in [-0.2, -0.15) is 0 Å². The molecular formula is C33H54N10O18. The Bertz CT molecular complexity index is 1600. The lowest BCUT2D eigenvalue weighted by Crippen LogP contribution is -2.65. The number of hydrogen-bond acceptors (Lipinski definition) is 18. The Balaban J connectivity index is 2.08. The highest BCUT2D eigenvalue weighted by Gasteiger charge is 2.46. The Labute approximate surface area is 347 Å². The Morgan fingerprint density at radius 3 is 1.80 bits per heavy atom. The average Bonchev–Trinajstić information content (AvgIpc) is 3.72. The van der Waals surface area contributed by atoms with Crippen LogP contribution in [0.1, 0.15) is 26.7 Å². The van der Waals surface area contributed by atoms with Crippen molar-refractivity contribution in [2.24, 2.45) is 5.73 Å². The third-order valence-corrected chi connectivity index (χ3v) is 8.97. The fraction of sp³-hybridized carbons (Fsp3) is 0.697. The first-order valence-corrected chi connectivity index (χ1v) is 18.7. The summed E-state index contributed by atoms with van der Waals surface area (Å²) >= 11 is 0. The van der Waals surface area contributed by atoms with E-state index < -0.39 is 173 Å². The van der Waals surface area contributed by atoms with Crippen LogP contribution in [0, 0.1) is 0 Å². The van der Waals surface area contributed by atoms with Gasteiger partial charge in [0.2, 0.25) is 59.1 Å². The van der Waals surface area contributed by atoms with E-state index in [4.69, 9.17) is 15.2 Å². The number of likely N-dealkylation sites (tertiary alicyclic amines) is 1. The van der Waals surface area contributed by atoms with E-state index in [0.29, 0.717) is 6.42 Å². The molecule has 28 heteroatoms. The maximum Gasteiger partial charge on any atom is 0.248 e. The highest BCUT2D eigenvalue weighted by molar-refractivity contribution is 5.97. The first-order valence-electron chi connectivity index (χ1n) is 18.7. The molecule has 2 aliphatic heterocycles. The van der Waals surface area contributed by atoms with Gasteiger partial charge in [-0.15, -0.1) is 0 Å². The Hall–Kier alpha value is -5.62. The molecule has 10 amide bonds. The molecule has 0 bridgehead atoms. The molecule has 0 aromatic carbocycles. The number of nitrogens with zero attached hydrogens (tertiary/aromatic N) is 1. The number of ether oxygens (including phenoxy) is 2. The normalized spacial score (nSPS) is 22.9. The minimum absolute atomic E-state index is 0.0871. The average molecular weight is 879 g/mol. The zero-order chi connectivity index (χ0) is 46.0. The van der Waals surface area contributed by atoms with E-state index in [1.54, 1.807) is 0 Å². The molecule has 2 saturated heterocycles. The molecule has 0 aromatic rings. The van der Waals surface area contributed by atoms with E-state index in [9.17, 15) is 78.6 Å². The van der Waals surface area contributed by atoms with E-state index in [2.05, 4.69) is 42.5 Å². The molecule has 10 atom stereocenters. The summed E-state index contributed by atoms with van der Waals surface area (Å²) in [4.78, 5) is 125. The van der Waals surface area contributed by atoms with Gasteiger partial charge in [-0.1, -0.05) is 0 Å². The molecule has 2 fully saturated rings. The minimum Gasteiger partial charge on any atom is -0.394 e. The number of rotatable bonds is 23. The summed E-state index contributed by atoms with van der Waals surface area (Å²) in [5.41, 5.74) is 5.03. The Morgan fingerprint density at radius 1 is 0.705 bits per heavy atom. The lowest BCUT2D eigenvalue weighted by atomic mass is 9.97. The molecule has 344 valence electrons. The molecule has 2 rings (SSSR count). The van der Waals surface area contributed by atoms with Crippen molar-refractivity contribution in [1.82, 2.24) is 47.4 Å². The van der Waals surface area contributed by atoms with Crippen molar-refractivity contribution in [2.45, 2.75) is 87.5 Å². The van der Waals surface area contributed by atoms with Gasteiger partial charge in [0.1, 0.15) is 54.6 Å². The number of nitrogens with one attached hydrogen (secondary N) is 8. The van der Waals surface area contributed by atoms with Crippen molar-refractivity contribution in [3.63, 3.8) is 0 Å². The van der Waals surface area contributed by atoms with Crippen LogP contribution in [0.25, 0.3) is 0 Å². The van der Waals surface area contributed by atoms with Gasteiger partial charge < -0.3 is 93.3 Å². The van der Waals surface area contributed by atoms with Crippen molar-refractivity contribution in [3.8, 4) is 0 Å². The molecule has 16 N–H and O–H groups in total. The first-order chi connectivity index (χ1) is 28.8. The fourth-order valence-electron chi connectivity index (χ4n) is 5.89. The number of aliphatic hydroxyl groups is 6. The Kier molecular flexibility index (Phi) is 21.3. The zero-order valence-electron chi connectivity index (χ0n) is 33.2. The number of nitrogens with two attached hydrogens (primary N) is 1. The maximum atomic E-state index is 13.4. The molecule has 0 aromatic heterocycles. The van der Waals surface area contributed by atoms with Gasteiger partial charge in [0.25, 0.3) is 0 Å². The molecule has 0 aliphatic carbocycles. The molecule has 2 heterocycles. The third kappa shape index (κ3) is 16.1. The van der Waals surface area contributed by atoms with Crippen LogP contribution in [-0.4, -0.2) is 215 Å². The number of carbonyl (C=O) groups is 10. The largest absolute Gasteiger partial charge is 0.394 e. The smallest absolute Gasteiger partial charge is 0.248 e. The van der Waals surface area contributed by atoms with Gasteiger partial charge in [0, 0.05) is 20.4 Å². The van der Waals surface area contributed by atoms with Gasteiger partial charge in [-0.3, -0.25) is 47.9 Å². The predicted octanol–water partition coefficient (Wildman–Crippen LogP) is -11.3. The number of amides is 10. The fourth-order valence-corrected chi connectivity index (χ4v) is 5.89. The first kappa shape index (κ1) is 51.5. The molecule has 2 aliphatic rings. The van der Waals surface area contributed by atoms with Crippen molar-refractivity contribution < 1.29 is 88.1 Å². The zero-order valence-corrected chi connectivity index (χ0v) is 33.2. The summed E-state index contributed by atoms with van der Waals surface area (Å²) < 4.78 is 11.0. The SMILES string of the molecule is CC(=O)NCC(=O)N[C@@H](CO[C@H]1O[C@H](CO)[C@H](O)[C@H](O)[C@H]1NC(C)=O)C(=O)N[C@@H](CO)C(=O)N[C@@H](CO)C(=O)NCC(=O)N[C@@H](CO)C(=O)N1CCC[C@H]1C(=O)NCC(N)=O. The summed E-state index contributed by atoms with van der Waals surface area (Å²) in [5, 5.41) is 77.4. The molecule has 0 spiro atoms. The van der Waals surface area contributed by atoms with E-state index in [1.807, 2.05) is 0 Å². The minimum atomic E-state index is -1.88. The monoisotopic (exact) mass is 878 g/mol. The van der Waals surface area contributed by atoms with Crippen LogP contribution in [0.2, 0.25) is 0 Å². The van der Waals surface area contributed by atoms with Crippen LogP contribution in [0.5, 0.6) is 0 Å². The lowest BCUT2D eigenvalue weighted by molar-refractivity contribution is -0.271. The molecule has 0 unspecified atom stereocenters. The van der Waals surface area contributed by atoms with Gasteiger partial charge >= 0.3 is 0 Å². The van der Waals surface area contributed by atoms with E-state index in [-0.39, 0.29) is 13.0 Å². The van der Waals surface area contributed by atoms with Crippen LogP contribution in [0.3, 0.4) is 0 Å². The molecular weight excluding hydrogens is 824 g/mol. The predicted molar refractivity (Wildman–Crippen MR) is 199 cm³/mol. The Morgan fingerprint density at radius 2 is 1.26 bits per heavy atom. The molecule has 0 saturated carbocycles. The van der Waals surface area contributed by atoms with Crippen LogP contribution in [0.4, 0.5) is 0 Å². The highest BCUT2D eigenvalue weighted by Crippen LogP contribution is 2.23. The van der Waals surface area contributed by atoms with Gasteiger partial charge in [-0.25, -0.2) is 0 Å². The number of carbonyl (C=O) groups excluding carboxylic acids is 10. The van der Waals surface area contributed by atoms with E-state index >= 15 is 0 Å². The second-order valence-electron chi connectivity index (χ2n) is 13.7. The summed E-state index contributed by atoms with van der Waals surface area (Å²) in [6.07, 6.45) is -5.89. The topological polar surface area (TPSA) is 436 Å². The second-order valence-corrected chi connectivity index (χ2v) is 13.7. The lowest BCUT2D eigenvalue weighted by Gasteiger charge is -2.42. The third-order valence-electron chi connectivity index (χ3n) is 8.97. The summed E-state index contributed by atoms with van der Waals surface area (Å²) in [6.45, 7) is -4.52. The van der Waals surface area contributed by atoms with E-state index in [1.165, 1.54) is 0 Å². The summed E-state index contributed by atoms with van der Waals surface area (Å²) in [6, 6.07) is -9.51. The van der Waals surface area contributed by atoms with Crippen molar-refractivity contribution in [2.75, 3.05) is 59.2 Å². The molecule has 28 nitrogen and oxygen atoms in total. The van der Waals surface area contributed by atoms with E-state index in [0.717, 1.165) is 18.7 Å². The molecule has 0 radical (unpaired) electrons. The van der Waals surface area contributed by atoms with Crippen molar-refractivity contribution in [3.05, 3.63) is 0 Å². The van der Waals surface area contributed by atoms with Crippen LogP contribution in [0.15, 0.2) is 0 Å². The number of aliphatic hydroxyl groups excluding tert-OH is 6. The van der Waals surface area contributed by atoms with Gasteiger partial charge in [-0.05, 0) is 12.8 Å². The summed E-state index contributed by atoms with van der Waals surface area (Å²) in [7, 11) is 0. The molecule has 61 heavy (non-hydrogen) atoms.